The zero-order valence-electron chi connectivity index (χ0n) is 19.3. The summed E-state index contributed by atoms with van der Waals surface area (Å²) in [5.74, 6) is 0.351. The third-order valence-electron chi connectivity index (χ3n) is 5.65. The highest BCUT2D eigenvalue weighted by atomic mass is 32.2. The molecule has 2 heterocycles. The smallest absolute Gasteiger partial charge is 0.291 e. The Kier molecular flexibility index (Phi) is 7.08. The van der Waals surface area contributed by atoms with Crippen LogP contribution in [0.5, 0.6) is 11.5 Å². The van der Waals surface area contributed by atoms with Gasteiger partial charge in [-0.25, -0.2) is 8.42 Å². The molecule has 1 aromatic heterocycles. The van der Waals surface area contributed by atoms with Crippen molar-refractivity contribution in [2.45, 2.75) is 4.90 Å². The van der Waals surface area contributed by atoms with Crippen LogP contribution in [-0.2, 0) is 10.0 Å². The maximum Gasteiger partial charge on any atom is 0.291 e. The van der Waals surface area contributed by atoms with Gasteiger partial charge in [-0.2, -0.15) is 4.31 Å². The Morgan fingerprint density at radius 1 is 0.914 bits per heavy atom. The maximum absolute atomic E-state index is 13.1. The van der Waals surface area contributed by atoms with Crippen molar-refractivity contribution in [2.75, 3.05) is 45.7 Å². The summed E-state index contributed by atoms with van der Waals surface area (Å²) < 4.78 is 43.0. The monoisotopic (exact) mass is 499 g/mol. The number of rotatable bonds is 7. The summed E-state index contributed by atoms with van der Waals surface area (Å²) in [6.45, 7) is 0.837. The largest absolute Gasteiger partial charge is 0.493 e. The fourth-order valence-corrected chi connectivity index (χ4v) is 5.17. The minimum Gasteiger partial charge on any atom is -0.493 e. The lowest BCUT2D eigenvalue weighted by atomic mass is 10.1. The lowest BCUT2D eigenvalue weighted by Gasteiger charge is -2.34. The van der Waals surface area contributed by atoms with Crippen molar-refractivity contribution in [3.8, 4) is 11.5 Å². The highest BCUT2D eigenvalue weighted by molar-refractivity contribution is 7.89. The van der Waals surface area contributed by atoms with Crippen molar-refractivity contribution < 1.29 is 31.9 Å². The first-order valence-corrected chi connectivity index (χ1v) is 12.2. The standard InChI is InChI=1S/C24H25N3O7S/c1-32-20-10-9-19(16-22(20)33-2)35(30,31)27-13-11-26(12-14-27)24(29)17-5-7-18(8-6-17)25-23(28)21-4-3-15-34-21/h3-10,15-16H,11-14H2,1-2H3,(H,25,28). The molecule has 0 bridgehead atoms. The van der Waals surface area contributed by atoms with Crippen molar-refractivity contribution in [3.05, 3.63) is 72.2 Å². The van der Waals surface area contributed by atoms with Gasteiger partial charge in [0, 0.05) is 43.5 Å². The molecule has 4 rings (SSSR count). The number of carbonyl (C=O) groups excluding carboxylic acids is 2. The number of hydrogen-bond acceptors (Lipinski definition) is 7. The molecule has 1 fully saturated rings. The number of nitrogens with one attached hydrogen (secondary N) is 1. The van der Waals surface area contributed by atoms with Crippen LogP contribution in [0.3, 0.4) is 0 Å². The second-order valence-corrected chi connectivity index (χ2v) is 9.66. The molecule has 11 heteroatoms. The molecular formula is C24H25N3O7S. The fourth-order valence-electron chi connectivity index (χ4n) is 3.74. The first-order chi connectivity index (χ1) is 16.8. The molecule has 1 aliphatic rings. The van der Waals surface area contributed by atoms with Gasteiger partial charge in [0.25, 0.3) is 11.8 Å². The van der Waals surface area contributed by atoms with Crippen LogP contribution in [0, 0.1) is 0 Å². The molecule has 0 aliphatic carbocycles. The molecule has 184 valence electrons. The van der Waals surface area contributed by atoms with Crippen molar-refractivity contribution in [1.29, 1.82) is 0 Å². The Hall–Kier alpha value is -3.83. The third-order valence-corrected chi connectivity index (χ3v) is 7.55. The second-order valence-electron chi connectivity index (χ2n) is 7.72. The summed E-state index contributed by atoms with van der Waals surface area (Å²) in [5.41, 5.74) is 0.964. The van der Waals surface area contributed by atoms with E-state index >= 15 is 0 Å². The minimum absolute atomic E-state index is 0.0992. The average Bonchev–Trinajstić information content (AvgIpc) is 3.44. The van der Waals surface area contributed by atoms with Gasteiger partial charge in [0.15, 0.2) is 17.3 Å². The Morgan fingerprint density at radius 3 is 2.20 bits per heavy atom. The van der Waals surface area contributed by atoms with Crippen molar-refractivity contribution in [2.24, 2.45) is 0 Å². The van der Waals surface area contributed by atoms with Crippen LogP contribution in [0.15, 0.2) is 70.2 Å². The van der Waals surface area contributed by atoms with Gasteiger partial charge in [-0.3, -0.25) is 9.59 Å². The molecular weight excluding hydrogens is 474 g/mol. The van der Waals surface area contributed by atoms with Gasteiger partial charge in [-0.1, -0.05) is 0 Å². The fraction of sp³-hybridized carbons (Fsp3) is 0.250. The molecule has 35 heavy (non-hydrogen) atoms. The van der Waals surface area contributed by atoms with Gasteiger partial charge in [0.1, 0.15) is 0 Å². The lowest BCUT2D eigenvalue weighted by molar-refractivity contribution is 0.0698. The molecule has 10 nitrogen and oxygen atoms in total. The molecule has 0 radical (unpaired) electrons. The predicted molar refractivity (Wildman–Crippen MR) is 127 cm³/mol. The van der Waals surface area contributed by atoms with Crippen LogP contribution in [0.1, 0.15) is 20.9 Å². The predicted octanol–water partition coefficient (Wildman–Crippen LogP) is 2.70. The first-order valence-electron chi connectivity index (χ1n) is 10.8. The van der Waals surface area contributed by atoms with Crippen molar-refractivity contribution in [3.63, 3.8) is 0 Å². The van der Waals surface area contributed by atoms with Crippen LogP contribution >= 0.6 is 0 Å². The maximum atomic E-state index is 13.1. The number of amides is 2. The van der Waals surface area contributed by atoms with Crippen LogP contribution in [-0.4, -0.2) is 69.8 Å². The normalized spacial score (nSPS) is 14.4. The van der Waals surface area contributed by atoms with E-state index in [4.69, 9.17) is 13.9 Å². The third kappa shape index (κ3) is 5.15. The Balaban J connectivity index is 1.37. The second kappa shape index (κ2) is 10.2. The minimum atomic E-state index is -3.76. The van der Waals surface area contributed by atoms with E-state index in [1.54, 1.807) is 47.4 Å². The number of benzene rings is 2. The molecule has 2 amide bonds. The summed E-state index contributed by atoms with van der Waals surface area (Å²) >= 11 is 0. The van der Waals surface area contributed by atoms with E-state index in [0.717, 1.165) is 0 Å². The lowest BCUT2D eigenvalue weighted by Crippen LogP contribution is -2.50. The summed E-state index contributed by atoms with van der Waals surface area (Å²) in [6.07, 6.45) is 1.41. The molecule has 1 saturated heterocycles. The van der Waals surface area contributed by atoms with Gasteiger partial charge in [-0.15, -0.1) is 0 Å². The number of carbonyl (C=O) groups is 2. The molecule has 0 spiro atoms. The summed E-state index contributed by atoms with van der Waals surface area (Å²) in [6, 6.07) is 14.1. The van der Waals surface area contributed by atoms with E-state index in [1.807, 2.05) is 0 Å². The SMILES string of the molecule is COc1ccc(S(=O)(=O)N2CCN(C(=O)c3ccc(NC(=O)c4ccco4)cc3)CC2)cc1OC. The zero-order chi connectivity index (χ0) is 25.0. The van der Waals surface area contributed by atoms with E-state index in [2.05, 4.69) is 5.32 Å². The van der Waals surface area contributed by atoms with E-state index in [1.165, 1.54) is 36.9 Å². The Bertz CT molecular complexity index is 1300. The molecule has 0 atom stereocenters. The van der Waals surface area contributed by atoms with E-state index in [9.17, 15) is 18.0 Å². The number of methoxy groups -OCH3 is 2. The number of hydrogen-bond donors (Lipinski definition) is 1. The number of anilines is 1. The van der Waals surface area contributed by atoms with Crippen molar-refractivity contribution >= 4 is 27.5 Å². The quantitative estimate of drug-likeness (QED) is 0.531. The number of furan rings is 1. The highest BCUT2D eigenvalue weighted by Crippen LogP contribution is 2.31. The summed E-state index contributed by atoms with van der Waals surface area (Å²) in [4.78, 5) is 26.7. The first kappa shape index (κ1) is 24.3. The molecule has 1 N–H and O–H groups in total. The molecule has 3 aromatic rings. The Morgan fingerprint density at radius 2 is 1.60 bits per heavy atom. The van der Waals surface area contributed by atoms with Crippen LogP contribution in [0.25, 0.3) is 0 Å². The van der Waals surface area contributed by atoms with Crippen LogP contribution < -0.4 is 14.8 Å². The van der Waals surface area contributed by atoms with E-state index in [-0.39, 0.29) is 48.6 Å². The zero-order valence-corrected chi connectivity index (χ0v) is 20.1. The molecule has 2 aromatic carbocycles. The number of sulfonamides is 1. The number of nitrogens with zero attached hydrogens (tertiary/aromatic N) is 2. The molecule has 0 unspecified atom stereocenters. The average molecular weight is 500 g/mol. The van der Waals surface area contributed by atoms with E-state index in [0.29, 0.717) is 22.7 Å². The number of piperazine rings is 1. The van der Waals surface area contributed by atoms with Crippen molar-refractivity contribution in [1.82, 2.24) is 9.21 Å². The van der Waals surface area contributed by atoms with Gasteiger partial charge in [-0.05, 0) is 48.5 Å². The van der Waals surface area contributed by atoms with Crippen LogP contribution in [0.4, 0.5) is 5.69 Å². The number of ether oxygens (including phenoxy) is 2. The van der Waals surface area contributed by atoms with Gasteiger partial charge in [0.2, 0.25) is 10.0 Å². The molecule has 1 aliphatic heterocycles. The topological polar surface area (TPSA) is 118 Å². The van der Waals surface area contributed by atoms with Crippen LogP contribution in [0.2, 0.25) is 0 Å². The van der Waals surface area contributed by atoms with Gasteiger partial charge >= 0.3 is 0 Å². The van der Waals surface area contributed by atoms with Gasteiger partial charge in [0.05, 0.1) is 25.4 Å². The molecule has 0 saturated carbocycles. The summed E-state index contributed by atoms with van der Waals surface area (Å²) in [7, 11) is -0.836. The highest BCUT2D eigenvalue weighted by Gasteiger charge is 2.31. The van der Waals surface area contributed by atoms with E-state index < -0.39 is 10.0 Å². The Labute approximate surface area is 203 Å². The summed E-state index contributed by atoms with van der Waals surface area (Å²) in [5, 5.41) is 2.70. The van der Waals surface area contributed by atoms with Gasteiger partial charge < -0.3 is 24.1 Å².